The molecule has 9 heteroatoms. The number of benzene rings is 1. The van der Waals surface area contributed by atoms with Crippen molar-refractivity contribution in [3.8, 4) is 0 Å². The smallest absolute Gasteiger partial charge is 0.267 e. The lowest BCUT2D eigenvalue weighted by Gasteiger charge is -2.31. The Hall–Kier alpha value is -2.19. The molecule has 0 saturated carbocycles. The highest BCUT2D eigenvalue weighted by atomic mass is 35.5. The van der Waals surface area contributed by atoms with Crippen molar-refractivity contribution >= 4 is 42.6 Å². The largest absolute Gasteiger partial charge is 0.365 e. The second-order valence-electron chi connectivity index (χ2n) is 7.75. The van der Waals surface area contributed by atoms with E-state index in [0.717, 1.165) is 31.9 Å². The van der Waals surface area contributed by atoms with Crippen molar-refractivity contribution < 1.29 is 10.0 Å². The number of anilines is 1. The second kappa shape index (κ2) is 11.9. The van der Waals surface area contributed by atoms with E-state index in [9.17, 15) is 4.79 Å². The van der Waals surface area contributed by atoms with Crippen LogP contribution in [0.3, 0.4) is 0 Å². The maximum absolute atomic E-state index is 11.0. The topological polar surface area (TPSA) is 90.4 Å². The molecule has 0 spiro atoms. The fourth-order valence-corrected chi connectivity index (χ4v) is 3.54. The minimum absolute atomic E-state index is 0. The molecule has 164 valence electrons. The Morgan fingerprint density at radius 1 is 1.23 bits per heavy atom. The zero-order valence-electron chi connectivity index (χ0n) is 17.1. The number of nitrogens with zero attached hydrogens (tertiary/aromatic N) is 3. The molecule has 1 aromatic carbocycles. The van der Waals surface area contributed by atoms with E-state index in [1.54, 1.807) is 12.4 Å². The molecule has 2 heterocycles. The molecule has 3 rings (SSSR count). The summed E-state index contributed by atoms with van der Waals surface area (Å²) < 4.78 is 0. The molecule has 2 aromatic rings. The molecule has 0 aliphatic carbocycles. The summed E-state index contributed by atoms with van der Waals surface area (Å²) in [7, 11) is 0. The molecule has 1 aromatic heterocycles. The lowest BCUT2D eigenvalue weighted by atomic mass is 9.84. The minimum Gasteiger partial charge on any atom is -0.365 e. The van der Waals surface area contributed by atoms with Gasteiger partial charge in [-0.15, -0.1) is 24.8 Å². The van der Waals surface area contributed by atoms with Crippen molar-refractivity contribution in [3.63, 3.8) is 0 Å². The third kappa shape index (κ3) is 7.25. The fraction of sp³-hybridized carbons (Fsp3) is 0.381. The van der Waals surface area contributed by atoms with Crippen LogP contribution in [0.5, 0.6) is 0 Å². The van der Waals surface area contributed by atoms with Crippen LogP contribution in [0, 0.1) is 0 Å². The van der Waals surface area contributed by atoms with Crippen molar-refractivity contribution in [1.82, 2.24) is 20.3 Å². The fourth-order valence-electron chi connectivity index (χ4n) is 3.54. The van der Waals surface area contributed by atoms with E-state index in [2.05, 4.69) is 64.4 Å². The first-order chi connectivity index (χ1) is 13.5. The monoisotopic (exact) mass is 453 g/mol. The van der Waals surface area contributed by atoms with Gasteiger partial charge in [-0.25, -0.2) is 10.5 Å². The van der Waals surface area contributed by atoms with E-state index >= 15 is 0 Å². The molecular formula is C21H29Cl2N5O2. The van der Waals surface area contributed by atoms with Gasteiger partial charge in [0.15, 0.2) is 0 Å². The summed E-state index contributed by atoms with van der Waals surface area (Å²) in [6, 6.07) is 11.0. The number of amides is 1. The first-order valence-corrected chi connectivity index (χ1v) is 9.45. The number of carbonyl (C=O) groups excluding carboxylic acids is 1. The van der Waals surface area contributed by atoms with Crippen LogP contribution in [0.25, 0.3) is 6.08 Å². The van der Waals surface area contributed by atoms with Gasteiger partial charge >= 0.3 is 0 Å². The van der Waals surface area contributed by atoms with Gasteiger partial charge in [-0.2, -0.15) is 0 Å². The van der Waals surface area contributed by atoms with E-state index in [0.29, 0.717) is 11.7 Å². The number of rotatable bonds is 7. The number of carbonyl (C=O) groups is 1. The maximum Gasteiger partial charge on any atom is 0.267 e. The van der Waals surface area contributed by atoms with Crippen LogP contribution in [0.15, 0.2) is 48.8 Å². The Balaban J connectivity index is 0.00000225. The van der Waals surface area contributed by atoms with Crippen molar-refractivity contribution in [1.29, 1.82) is 0 Å². The van der Waals surface area contributed by atoms with E-state index in [4.69, 9.17) is 5.21 Å². The van der Waals surface area contributed by atoms with E-state index in [1.807, 2.05) is 0 Å². The molecule has 1 aliphatic rings. The van der Waals surface area contributed by atoms with Crippen molar-refractivity contribution in [3.05, 3.63) is 60.1 Å². The lowest BCUT2D eigenvalue weighted by Crippen LogP contribution is -2.37. The molecule has 0 bridgehead atoms. The highest BCUT2D eigenvalue weighted by Gasteiger charge is 2.29. The zero-order valence-corrected chi connectivity index (χ0v) is 18.7. The SMILES string of the molecule is CC(C)(CN1CC[C@@H](Nc2cnc(/C=C/C(=O)NO)cn2)C1)c1ccccc1.Cl.Cl. The molecule has 0 unspecified atom stereocenters. The Morgan fingerprint density at radius 2 is 1.97 bits per heavy atom. The Bertz CT molecular complexity index is 816. The van der Waals surface area contributed by atoms with Crippen LogP contribution in [-0.4, -0.2) is 51.7 Å². The van der Waals surface area contributed by atoms with E-state index in [-0.39, 0.29) is 30.2 Å². The molecule has 7 nitrogen and oxygen atoms in total. The van der Waals surface area contributed by atoms with Gasteiger partial charge in [0.05, 0.1) is 18.1 Å². The number of nitrogens with one attached hydrogen (secondary N) is 2. The number of hydroxylamine groups is 1. The first-order valence-electron chi connectivity index (χ1n) is 9.45. The Kier molecular flexibility index (Phi) is 10.2. The predicted octanol–water partition coefficient (Wildman–Crippen LogP) is 3.30. The summed E-state index contributed by atoms with van der Waals surface area (Å²) >= 11 is 0. The standard InChI is InChI=1S/C21H27N5O2.2ClH/c1-21(2,16-6-4-3-5-7-16)15-26-11-10-18(14-26)24-19-13-22-17(12-23-19)8-9-20(27)25-28;;/h3-9,12-13,18,28H,10-11,14-15H2,1-2H3,(H,23,24)(H,25,27);2*1H/b9-8+;;/t18-;;/m1../s1. The van der Waals surface area contributed by atoms with Crippen LogP contribution in [-0.2, 0) is 10.2 Å². The van der Waals surface area contributed by atoms with Crippen LogP contribution < -0.4 is 10.8 Å². The highest BCUT2D eigenvalue weighted by molar-refractivity contribution is 5.90. The van der Waals surface area contributed by atoms with E-state index < -0.39 is 5.91 Å². The van der Waals surface area contributed by atoms with Gasteiger partial charge in [-0.1, -0.05) is 44.2 Å². The summed E-state index contributed by atoms with van der Waals surface area (Å²) in [4.78, 5) is 22.1. The van der Waals surface area contributed by atoms with Gasteiger partial charge in [-0.3, -0.25) is 15.0 Å². The molecule has 1 atom stereocenters. The summed E-state index contributed by atoms with van der Waals surface area (Å²) in [5, 5.41) is 11.9. The van der Waals surface area contributed by atoms with Gasteiger partial charge in [0.1, 0.15) is 5.82 Å². The molecule has 1 aliphatic heterocycles. The normalized spacial score (nSPS) is 16.6. The van der Waals surface area contributed by atoms with Crippen LogP contribution >= 0.6 is 24.8 Å². The van der Waals surface area contributed by atoms with Crippen molar-refractivity contribution in [2.75, 3.05) is 25.0 Å². The molecule has 1 amide bonds. The average molecular weight is 454 g/mol. The number of hydrogen-bond acceptors (Lipinski definition) is 6. The van der Waals surface area contributed by atoms with Crippen molar-refractivity contribution in [2.24, 2.45) is 0 Å². The van der Waals surface area contributed by atoms with Crippen LogP contribution in [0.2, 0.25) is 0 Å². The zero-order chi connectivity index (χ0) is 20.0. The number of halogens is 2. The third-order valence-electron chi connectivity index (χ3n) is 4.99. The summed E-state index contributed by atoms with van der Waals surface area (Å²) in [5.41, 5.74) is 3.54. The van der Waals surface area contributed by atoms with Crippen molar-refractivity contribution in [2.45, 2.75) is 31.7 Å². The molecule has 1 saturated heterocycles. The van der Waals surface area contributed by atoms with Crippen LogP contribution in [0.1, 0.15) is 31.5 Å². The quantitative estimate of drug-likeness (QED) is 0.338. The minimum atomic E-state index is -0.603. The first kappa shape index (κ1) is 25.8. The molecule has 30 heavy (non-hydrogen) atoms. The second-order valence-corrected chi connectivity index (χ2v) is 7.75. The molecular weight excluding hydrogens is 425 g/mol. The third-order valence-corrected chi connectivity index (χ3v) is 4.99. The summed E-state index contributed by atoms with van der Waals surface area (Å²) in [6.07, 6.45) is 7.00. The number of aromatic nitrogens is 2. The average Bonchev–Trinajstić information content (AvgIpc) is 3.14. The van der Waals surface area contributed by atoms with Gasteiger partial charge in [0.2, 0.25) is 0 Å². The van der Waals surface area contributed by atoms with Gasteiger partial charge in [-0.05, 0) is 18.1 Å². The summed E-state index contributed by atoms with van der Waals surface area (Å²) in [6.45, 7) is 7.61. The number of likely N-dealkylation sites (tertiary alicyclic amines) is 1. The van der Waals surface area contributed by atoms with Gasteiger partial charge in [0, 0.05) is 37.2 Å². The molecule has 3 N–H and O–H groups in total. The highest BCUT2D eigenvalue weighted by Crippen LogP contribution is 2.26. The van der Waals surface area contributed by atoms with Gasteiger partial charge in [0.25, 0.3) is 5.91 Å². The van der Waals surface area contributed by atoms with E-state index in [1.165, 1.54) is 23.2 Å². The summed E-state index contributed by atoms with van der Waals surface area (Å²) in [5.74, 6) is 0.117. The van der Waals surface area contributed by atoms with Gasteiger partial charge < -0.3 is 10.2 Å². The maximum atomic E-state index is 11.0. The Labute approximate surface area is 189 Å². The number of hydrogen-bond donors (Lipinski definition) is 3. The molecule has 0 radical (unpaired) electrons. The van der Waals surface area contributed by atoms with Crippen LogP contribution in [0.4, 0.5) is 5.82 Å². The Morgan fingerprint density at radius 3 is 2.60 bits per heavy atom. The predicted molar refractivity (Wildman–Crippen MR) is 123 cm³/mol. The lowest BCUT2D eigenvalue weighted by molar-refractivity contribution is -0.124. The molecule has 1 fully saturated rings.